The van der Waals surface area contributed by atoms with E-state index >= 15 is 0 Å². The van der Waals surface area contributed by atoms with Crippen molar-refractivity contribution in [2.45, 2.75) is 24.3 Å². The van der Waals surface area contributed by atoms with Gasteiger partial charge < -0.3 is 5.11 Å². The molecule has 3 nitrogen and oxygen atoms in total. The van der Waals surface area contributed by atoms with Crippen molar-refractivity contribution in [3.05, 3.63) is 27.9 Å². The first-order valence-electron chi connectivity index (χ1n) is 5.33. The van der Waals surface area contributed by atoms with Crippen molar-refractivity contribution in [3.8, 4) is 10.6 Å². The first-order valence-corrected chi connectivity index (χ1v) is 8.14. The van der Waals surface area contributed by atoms with Gasteiger partial charge in [-0.15, -0.1) is 23.1 Å². The van der Waals surface area contributed by atoms with E-state index in [2.05, 4.69) is 10.4 Å². The Morgan fingerprint density at radius 2 is 2.28 bits per heavy atom. The van der Waals surface area contributed by atoms with Crippen LogP contribution in [0.3, 0.4) is 0 Å². The summed E-state index contributed by atoms with van der Waals surface area (Å²) >= 11 is 4.65. The summed E-state index contributed by atoms with van der Waals surface area (Å²) < 4.78 is -0.772. The number of aliphatic carboxylic acids is 1. The molecule has 0 unspecified atom stereocenters. The third-order valence-corrected chi connectivity index (χ3v) is 5.38. The number of thioether (sulfide) groups is 1. The van der Waals surface area contributed by atoms with Crippen molar-refractivity contribution in [1.29, 1.82) is 0 Å². The predicted molar refractivity (Wildman–Crippen MR) is 78.4 cm³/mol. The van der Waals surface area contributed by atoms with Crippen LogP contribution in [0.1, 0.15) is 19.5 Å². The third-order valence-electron chi connectivity index (χ3n) is 2.42. The molecular weight excluding hydrogens is 286 g/mol. The molecule has 0 atom stereocenters. The molecule has 0 radical (unpaired) electrons. The number of nitrogens with zero attached hydrogens (tertiary/aromatic N) is 1. The summed E-state index contributed by atoms with van der Waals surface area (Å²) in [7, 11) is 0. The largest absolute Gasteiger partial charge is 0.480 e. The predicted octanol–water partition coefficient (Wildman–Crippen LogP) is 3.97. The van der Waals surface area contributed by atoms with E-state index in [0.29, 0.717) is 5.75 Å². The SMILES string of the molecule is CC(C)(SCc1csc(-c2ccsc2)n1)C(=O)O. The second-order valence-corrected chi connectivity index (χ2v) is 7.50. The van der Waals surface area contributed by atoms with E-state index in [1.54, 1.807) is 36.5 Å². The first kappa shape index (κ1) is 13.6. The number of carboxylic acids is 1. The molecule has 2 heterocycles. The molecule has 0 aliphatic carbocycles. The normalized spacial score (nSPS) is 11.7. The highest BCUT2D eigenvalue weighted by Crippen LogP contribution is 2.31. The highest BCUT2D eigenvalue weighted by Gasteiger charge is 2.27. The van der Waals surface area contributed by atoms with Crippen LogP contribution in [0.15, 0.2) is 22.2 Å². The summed E-state index contributed by atoms with van der Waals surface area (Å²) in [5.74, 6) is -0.166. The summed E-state index contributed by atoms with van der Waals surface area (Å²) in [6.45, 7) is 3.43. The lowest BCUT2D eigenvalue weighted by atomic mass is 10.2. The van der Waals surface area contributed by atoms with Crippen molar-refractivity contribution < 1.29 is 9.90 Å². The molecular formula is C12H13NO2S3. The molecule has 0 amide bonds. The maximum absolute atomic E-state index is 11.0. The van der Waals surface area contributed by atoms with Gasteiger partial charge in [0.05, 0.1) is 5.69 Å². The van der Waals surface area contributed by atoms with Gasteiger partial charge in [0.2, 0.25) is 0 Å². The summed E-state index contributed by atoms with van der Waals surface area (Å²) in [5.41, 5.74) is 2.08. The summed E-state index contributed by atoms with van der Waals surface area (Å²) in [6, 6.07) is 2.04. The fourth-order valence-corrected chi connectivity index (χ4v) is 3.63. The molecule has 2 aromatic heterocycles. The Hall–Kier alpha value is -0.850. The highest BCUT2D eigenvalue weighted by atomic mass is 32.2. The zero-order chi connectivity index (χ0) is 13.2. The van der Waals surface area contributed by atoms with Gasteiger partial charge in [-0.1, -0.05) is 0 Å². The van der Waals surface area contributed by atoms with Crippen molar-refractivity contribution >= 4 is 40.4 Å². The maximum atomic E-state index is 11.0. The number of thiazole rings is 1. The van der Waals surface area contributed by atoms with Gasteiger partial charge in [-0.2, -0.15) is 11.3 Å². The van der Waals surface area contributed by atoms with Crippen LogP contribution in [0.25, 0.3) is 10.6 Å². The second kappa shape index (κ2) is 5.42. The minimum absolute atomic E-state index is 0.625. The molecule has 0 bridgehead atoms. The molecule has 96 valence electrons. The monoisotopic (exact) mass is 299 g/mol. The number of hydrogen-bond donors (Lipinski definition) is 1. The molecule has 0 spiro atoms. The Labute approximate surface area is 118 Å². The van der Waals surface area contributed by atoms with Crippen LogP contribution < -0.4 is 0 Å². The van der Waals surface area contributed by atoms with E-state index in [-0.39, 0.29) is 0 Å². The number of carbonyl (C=O) groups is 1. The zero-order valence-electron chi connectivity index (χ0n) is 10.0. The lowest BCUT2D eigenvalue weighted by Crippen LogP contribution is -2.27. The Bertz CT molecular complexity index is 531. The molecule has 0 saturated heterocycles. The molecule has 6 heteroatoms. The average molecular weight is 299 g/mol. The minimum atomic E-state index is -0.791. The fraction of sp³-hybridized carbons (Fsp3) is 0.333. The molecule has 0 aliphatic heterocycles. The van der Waals surface area contributed by atoms with E-state index in [1.807, 2.05) is 16.8 Å². The van der Waals surface area contributed by atoms with Gasteiger partial charge in [-0.25, -0.2) is 4.98 Å². The third kappa shape index (κ3) is 3.13. The van der Waals surface area contributed by atoms with Crippen molar-refractivity contribution in [1.82, 2.24) is 4.98 Å². The highest BCUT2D eigenvalue weighted by molar-refractivity contribution is 8.00. The Morgan fingerprint density at radius 1 is 1.50 bits per heavy atom. The van der Waals surface area contributed by atoms with E-state index in [9.17, 15) is 4.79 Å². The van der Waals surface area contributed by atoms with Crippen molar-refractivity contribution in [2.24, 2.45) is 0 Å². The molecule has 2 aromatic rings. The molecule has 0 aliphatic rings. The number of thiophene rings is 1. The summed E-state index contributed by atoms with van der Waals surface area (Å²) in [5, 5.41) is 16.1. The van der Waals surface area contributed by atoms with E-state index in [1.165, 1.54) is 11.8 Å². The maximum Gasteiger partial charge on any atom is 0.319 e. The van der Waals surface area contributed by atoms with Gasteiger partial charge in [0.1, 0.15) is 9.75 Å². The van der Waals surface area contributed by atoms with Gasteiger partial charge in [-0.3, -0.25) is 4.79 Å². The lowest BCUT2D eigenvalue weighted by Gasteiger charge is -2.17. The van der Waals surface area contributed by atoms with Crippen LogP contribution in [-0.4, -0.2) is 20.8 Å². The first-order chi connectivity index (χ1) is 8.49. The van der Waals surface area contributed by atoms with Crippen LogP contribution in [0.2, 0.25) is 0 Å². The van der Waals surface area contributed by atoms with Crippen molar-refractivity contribution in [3.63, 3.8) is 0 Å². The molecule has 0 saturated carbocycles. The Morgan fingerprint density at radius 3 is 2.89 bits per heavy atom. The van der Waals surface area contributed by atoms with Gasteiger partial charge in [0.15, 0.2) is 0 Å². The molecule has 2 rings (SSSR count). The number of hydrogen-bond acceptors (Lipinski definition) is 5. The topological polar surface area (TPSA) is 50.2 Å². The number of aromatic nitrogens is 1. The zero-order valence-corrected chi connectivity index (χ0v) is 12.5. The molecule has 18 heavy (non-hydrogen) atoms. The minimum Gasteiger partial charge on any atom is -0.480 e. The second-order valence-electron chi connectivity index (χ2n) is 4.26. The van der Waals surface area contributed by atoms with Crippen LogP contribution >= 0.6 is 34.4 Å². The summed E-state index contributed by atoms with van der Waals surface area (Å²) in [4.78, 5) is 15.5. The number of rotatable bonds is 5. The lowest BCUT2D eigenvalue weighted by molar-refractivity contribution is -0.138. The van der Waals surface area contributed by atoms with Crippen LogP contribution in [0, 0.1) is 0 Å². The standard InChI is InChI=1S/C12H13NO2S3/c1-12(2,11(14)15)18-7-9-6-17-10(13-9)8-3-4-16-5-8/h3-6H,7H2,1-2H3,(H,14,15). The molecule has 1 N–H and O–H groups in total. The van der Waals surface area contributed by atoms with Gasteiger partial charge in [0.25, 0.3) is 0 Å². The number of carboxylic acid groups (broad SMARTS) is 1. The Kier molecular flexibility index (Phi) is 4.09. The van der Waals surface area contributed by atoms with Crippen molar-refractivity contribution in [2.75, 3.05) is 0 Å². The summed E-state index contributed by atoms with van der Waals surface area (Å²) in [6.07, 6.45) is 0. The van der Waals surface area contributed by atoms with E-state index < -0.39 is 10.7 Å². The quantitative estimate of drug-likeness (QED) is 0.907. The van der Waals surface area contributed by atoms with E-state index in [0.717, 1.165) is 16.3 Å². The van der Waals surface area contributed by atoms with Crippen LogP contribution in [0.4, 0.5) is 0 Å². The average Bonchev–Trinajstić information content (AvgIpc) is 2.97. The van der Waals surface area contributed by atoms with Gasteiger partial charge in [-0.05, 0) is 25.3 Å². The smallest absolute Gasteiger partial charge is 0.319 e. The van der Waals surface area contributed by atoms with E-state index in [4.69, 9.17) is 5.11 Å². The fourth-order valence-electron chi connectivity index (χ4n) is 1.21. The molecule has 0 fully saturated rings. The van der Waals surface area contributed by atoms with Crippen LogP contribution in [0.5, 0.6) is 0 Å². The van der Waals surface area contributed by atoms with Gasteiger partial charge >= 0.3 is 5.97 Å². The van der Waals surface area contributed by atoms with Gasteiger partial charge in [0, 0.05) is 22.1 Å². The van der Waals surface area contributed by atoms with Crippen LogP contribution in [-0.2, 0) is 10.5 Å². The Balaban J connectivity index is 2.02. The molecule has 0 aromatic carbocycles.